The highest BCUT2D eigenvalue weighted by molar-refractivity contribution is 5.67. The third-order valence-corrected chi connectivity index (χ3v) is 4.53. The second kappa shape index (κ2) is 9.13. The lowest BCUT2D eigenvalue weighted by atomic mass is 10.1. The van der Waals surface area contributed by atoms with Crippen LogP contribution in [0.15, 0.2) is 42.6 Å². The number of morpholine rings is 1. The second-order valence-electron chi connectivity index (χ2n) is 6.86. The first kappa shape index (κ1) is 20.8. The van der Waals surface area contributed by atoms with Crippen LogP contribution in [0, 0.1) is 5.95 Å². The molecule has 1 atom stereocenters. The Hall–Kier alpha value is -3.47. The van der Waals surface area contributed by atoms with Gasteiger partial charge in [0.05, 0.1) is 18.9 Å². The maximum atomic E-state index is 14.1. The van der Waals surface area contributed by atoms with Crippen molar-refractivity contribution >= 4 is 17.6 Å². The van der Waals surface area contributed by atoms with E-state index >= 15 is 0 Å². The fourth-order valence-electron chi connectivity index (χ4n) is 3.16. The summed E-state index contributed by atoms with van der Waals surface area (Å²) in [4.78, 5) is 10.1. The number of nitrogens with one attached hydrogen (secondary N) is 1. The van der Waals surface area contributed by atoms with Crippen LogP contribution in [0.25, 0.3) is 11.1 Å². The van der Waals surface area contributed by atoms with Crippen molar-refractivity contribution < 1.29 is 22.6 Å². The molecule has 0 unspecified atom stereocenters. The van der Waals surface area contributed by atoms with Crippen LogP contribution in [0.2, 0.25) is 0 Å². The SMILES string of the molecule is C[C@H]1CN(c2nc(F)cc(Nc3cc(-c4ccc(OC(F)F)cc4)cnn3)n2)CCO1. The van der Waals surface area contributed by atoms with Crippen LogP contribution in [0.3, 0.4) is 0 Å². The molecule has 0 saturated carbocycles. The van der Waals surface area contributed by atoms with E-state index in [0.717, 1.165) is 11.6 Å². The fourth-order valence-corrected chi connectivity index (χ4v) is 3.16. The quantitative estimate of drug-likeness (QED) is 0.591. The van der Waals surface area contributed by atoms with Gasteiger partial charge < -0.3 is 19.7 Å². The zero-order chi connectivity index (χ0) is 21.8. The minimum Gasteiger partial charge on any atom is -0.435 e. The van der Waals surface area contributed by atoms with Gasteiger partial charge in [0.1, 0.15) is 11.6 Å². The Morgan fingerprint density at radius 3 is 2.68 bits per heavy atom. The van der Waals surface area contributed by atoms with Crippen molar-refractivity contribution in [2.24, 2.45) is 0 Å². The third-order valence-electron chi connectivity index (χ3n) is 4.53. The summed E-state index contributed by atoms with van der Waals surface area (Å²) in [5, 5.41) is 10.9. The lowest BCUT2D eigenvalue weighted by molar-refractivity contribution is -0.0498. The van der Waals surface area contributed by atoms with Gasteiger partial charge in [-0.05, 0) is 30.7 Å². The van der Waals surface area contributed by atoms with Gasteiger partial charge in [-0.1, -0.05) is 12.1 Å². The molecule has 4 rings (SSSR count). The summed E-state index contributed by atoms with van der Waals surface area (Å²) in [5.41, 5.74) is 1.40. The molecule has 1 N–H and O–H groups in total. The van der Waals surface area contributed by atoms with Gasteiger partial charge in [-0.3, -0.25) is 0 Å². The number of halogens is 3. The molecule has 1 aliphatic rings. The first-order valence-corrected chi connectivity index (χ1v) is 9.52. The number of rotatable bonds is 6. The summed E-state index contributed by atoms with van der Waals surface area (Å²) < 4.78 is 48.6. The normalized spacial score (nSPS) is 16.4. The Morgan fingerprint density at radius 2 is 1.94 bits per heavy atom. The Balaban J connectivity index is 1.52. The van der Waals surface area contributed by atoms with Crippen LogP contribution in [0.1, 0.15) is 6.92 Å². The van der Waals surface area contributed by atoms with Crippen LogP contribution in [0.4, 0.5) is 30.8 Å². The first-order valence-electron chi connectivity index (χ1n) is 9.52. The lowest BCUT2D eigenvalue weighted by Crippen LogP contribution is -2.42. The first-order chi connectivity index (χ1) is 15.0. The van der Waals surface area contributed by atoms with Gasteiger partial charge in [0.2, 0.25) is 11.9 Å². The summed E-state index contributed by atoms with van der Waals surface area (Å²) >= 11 is 0. The van der Waals surface area contributed by atoms with Gasteiger partial charge in [0, 0.05) is 24.7 Å². The Labute approximate surface area is 176 Å². The highest BCUT2D eigenvalue weighted by atomic mass is 19.3. The number of hydrogen-bond donors (Lipinski definition) is 1. The molecule has 162 valence electrons. The Kier molecular flexibility index (Phi) is 6.12. The smallest absolute Gasteiger partial charge is 0.387 e. The van der Waals surface area contributed by atoms with Crippen molar-refractivity contribution in [3.63, 3.8) is 0 Å². The van der Waals surface area contributed by atoms with Crippen molar-refractivity contribution in [1.82, 2.24) is 20.2 Å². The molecule has 0 aliphatic carbocycles. The van der Waals surface area contributed by atoms with E-state index in [1.54, 1.807) is 18.2 Å². The van der Waals surface area contributed by atoms with E-state index in [2.05, 4.69) is 30.2 Å². The number of ether oxygens (including phenoxy) is 2. The maximum absolute atomic E-state index is 14.1. The Bertz CT molecular complexity index is 1040. The van der Waals surface area contributed by atoms with Gasteiger partial charge in [-0.15, -0.1) is 5.10 Å². The summed E-state index contributed by atoms with van der Waals surface area (Å²) in [5.74, 6) is 0.209. The standard InChI is InChI=1S/C20H19F3N6O2/c1-12-11-29(6-7-30-12)20-25-16(21)9-17(27-20)26-18-8-14(10-24-28-18)13-2-4-15(5-3-13)31-19(22)23/h2-5,8-10,12,19H,6-7,11H2,1H3,(H,25,26,27,28)/t12-/m0/s1. The monoisotopic (exact) mass is 432 g/mol. The van der Waals surface area contributed by atoms with Gasteiger partial charge in [-0.2, -0.15) is 28.2 Å². The van der Waals surface area contributed by atoms with Gasteiger partial charge in [-0.25, -0.2) is 0 Å². The predicted molar refractivity (Wildman–Crippen MR) is 107 cm³/mol. The van der Waals surface area contributed by atoms with Crippen molar-refractivity contribution in [3.05, 3.63) is 48.5 Å². The molecule has 1 aliphatic heterocycles. The van der Waals surface area contributed by atoms with Gasteiger partial charge in [0.15, 0.2) is 5.82 Å². The molecule has 1 aromatic carbocycles. The molecular formula is C20H19F3N6O2. The molecule has 1 saturated heterocycles. The minimum absolute atomic E-state index is 0.00273. The molecule has 1 fully saturated rings. The summed E-state index contributed by atoms with van der Waals surface area (Å²) in [6, 6.07) is 8.97. The topological polar surface area (TPSA) is 85.3 Å². The largest absolute Gasteiger partial charge is 0.435 e. The summed E-state index contributed by atoms with van der Waals surface area (Å²) in [6.07, 6.45) is 1.52. The highest BCUT2D eigenvalue weighted by Gasteiger charge is 2.20. The second-order valence-corrected chi connectivity index (χ2v) is 6.86. The molecular weight excluding hydrogens is 413 g/mol. The number of alkyl halides is 2. The summed E-state index contributed by atoms with van der Waals surface area (Å²) in [6.45, 7) is 0.677. The van der Waals surface area contributed by atoms with E-state index in [1.807, 2.05) is 11.8 Å². The molecule has 3 heterocycles. The number of aromatic nitrogens is 4. The molecule has 31 heavy (non-hydrogen) atoms. The van der Waals surface area contributed by atoms with E-state index < -0.39 is 12.6 Å². The number of anilines is 3. The minimum atomic E-state index is -2.89. The predicted octanol–water partition coefficient (Wildman–Crippen LogP) is 3.64. The Morgan fingerprint density at radius 1 is 1.13 bits per heavy atom. The maximum Gasteiger partial charge on any atom is 0.387 e. The zero-order valence-corrected chi connectivity index (χ0v) is 16.5. The lowest BCUT2D eigenvalue weighted by Gasteiger charge is -2.31. The molecule has 3 aromatic rings. The number of benzene rings is 1. The van der Waals surface area contributed by atoms with Crippen LogP contribution in [-0.2, 0) is 4.74 Å². The molecule has 0 radical (unpaired) electrons. The van der Waals surface area contributed by atoms with Crippen molar-refractivity contribution in [2.45, 2.75) is 19.6 Å². The van der Waals surface area contributed by atoms with E-state index in [1.165, 1.54) is 18.3 Å². The van der Waals surface area contributed by atoms with E-state index in [0.29, 0.717) is 31.1 Å². The van der Waals surface area contributed by atoms with E-state index in [4.69, 9.17) is 4.74 Å². The van der Waals surface area contributed by atoms with Crippen molar-refractivity contribution in [3.8, 4) is 16.9 Å². The van der Waals surface area contributed by atoms with Crippen LogP contribution < -0.4 is 15.0 Å². The van der Waals surface area contributed by atoms with Gasteiger partial charge >= 0.3 is 6.61 Å². The van der Waals surface area contributed by atoms with E-state index in [9.17, 15) is 13.2 Å². The molecule has 0 spiro atoms. The molecule has 2 aromatic heterocycles. The van der Waals surface area contributed by atoms with Crippen molar-refractivity contribution in [1.29, 1.82) is 0 Å². The molecule has 8 nitrogen and oxygen atoms in total. The average Bonchev–Trinajstić information content (AvgIpc) is 2.74. The highest BCUT2D eigenvalue weighted by Crippen LogP contribution is 2.25. The third kappa shape index (κ3) is 5.37. The zero-order valence-electron chi connectivity index (χ0n) is 16.5. The van der Waals surface area contributed by atoms with Crippen LogP contribution in [0.5, 0.6) is 5.75 Å². The number of nitrogens with zero attached hydrogens (tertiary/aromatic N) is 5. The van der Waals surface area contributed by atoms with Gasteiger partial charge in [0.25, 0.3) is 0 Å². The molecule has 0 amide bonds. The molecule has 11 heteroatoms. The van der Waals surface area contributed by atoms with Crippen molar-refractivity contribution in [2.75, 3.05) is 29.9 Å². The molecule has 0 bridgehead atoms. The van der Waals surface area contributed by atoms with E-state index in [-0.39, 0.29) is 23.6 Å². The van der Waals surface area contributed by atoms with Crippen LogP contribution >= 0.6 is 0 Å². The fraction of sp³-hybridized carbons (Fsp3) is 0.300. The summed E-state index contributed by atoms with van der Waals surface area (Å²) in [7, 11) is 0. The van der Waals surface area contributed by atoms with Crippen LogP contribution in [-0.4, -0.2) is 52.6 Å². The average molecular weight is 432 g/mol. The number of hydrogen-bond acceptors (Lipinski definition) is 8.